The third-order valence-electron chi connectivity index (χ3n) is 4.95. The average molecular weight is 389 g/mol. The summed E-state index contributed by atoms with van der Waals surface area (Å²) in [5, 5.41) is 6.66. The zero-order valence-corrected chi connectivity index (χ0v) is 17.9. The number of carbonyl (C=O) groups is 1. The Morgan fingerprint density at radius 1 is 1.32 bits per heavy atom. The quantitative estimate of drug-likeness (QED) is 0.367. The lowest BCUT2D eigenvalue weighted by Crippen LogP contribution is -2.39. The average Bonchev–Trinajstić information content (AvgIpc) is 3.09. The lowest BCUT2D eigenvalue weighted by atomic mass is 10.1. The Bertz CT molecular complexity index is 660. The van der Waals surface area contributed by atoms with Gasteiger partial charge in [-0.15, -0.1) is 0 Å². The van der Waals surface area contributed by atoms with Gasteiger partial charge < -0.3 is 20.3 Å². The molecule has 2 rings (SSSR count). The molecule has 6 heteroatoms. The Labute approximate surface area is 169 Å². The molecule has 0 radical (unpaired) electrons. The van der Waals surface area contributed by atoms with E-state index in [0.29, 0.717) is 13.0 Å². The second kappa shape index (κ2) is 11.6. The van der Waals surface area contributed by atoms with E-state index in [2.05, 4.69) is 56.5 Å². The van der Waals surface area contributed by atoms with Crippen molar-refractivity contribution >= 4 is 11.9 Å². The van der Waals surface area contributed by atoms with Gasteiger partial charge in [0.15, 0.2) is 5.96 Å². The van der Waals surface area contributed by atoms with E-state index in [4.69, 9.17) is 9.73 Å². The molecule has 1 saturated heterocycles. The molecule has 1 aromatic rings. The molecule has 1 aliphatic rings. The van der Waals surface area contributed by atoms with E-state index < -0.39 is 0 Å². The van der Waals surface area contributed by atoms with E-state index in [1.807, 2.05) is 4.90 Å². The molecule has 1 unspecified atom stereocenters. The van der Waals surface area contributed by atoms with Crippen molar-refractivity contribution in [3.8, 4) is 5.75 Å². The summed E-state index contributed by atoms with van der Waals surface area (Å²) in [6, 6.07) is 6.28. The molecular weight excluding hydrogens is 352 g/mol. The Morgan fingerprint density at radius 2 is 2.14 bits per heavy atom. The van der Waals surface area contributed by atoms with Crippen molar-refractivity contribution in [3.63, 3.8) is 0 Å². The van der Waals surface area contributed by atoms with Crippen molar-refractivity contribution in [2.45, 2.75) is 66.0 Å². The van der Waals surface area contributed by atoms with E-state index in [-0.39, 0.29) is 12.0 Å². The van der Waals surface area contributed by atoms with Gasteiger partial charge in [0.05, 0.1) is 12.6 Å². The minimum Gasteiger partial charge on any atom is -0.490 e. The van der Waals surface area contributed by atoms with Crippen LogP contribution in [-0.2, 0) is 11.3 Å². The zero-order chi connectivity index (χ0) is 20.4. The summed E-state index contributed by atoms with van der Waals surface area (Å²) in [5.74, 6) is 2.00. The molecule has 0 spiro atoms. The predicted molar refractivity (Wildman–Crippen MR) is 115 cm³/mol. The molecule has 1 aromatic carbocycles. The number of hydrogen-bond donors (Lipinski definition) is 2. The molecule has 2 N–H and O–H groups in total. The molecule has 1 atom stereocenters. The molecule has 156 valence electrons. The number of likely N-dealkylation sites (tertiary alicyclic amines) is 1. The van der Waals surface area contributed by atoms with Gasteiger partial charge in [-0.05, 0) is 51.7 Å². The molecule has 1 aliphatic heterocycles. The fraction of sp³-hybridized carbons (Fsp3) is 0.636. The van der Waals surface area contributed by atoms with E-state index in [1.54, 1.807) is 0 Å². The van der Waals surface area contributed by atoms with Gasteiger partial charge in [0.25, 0.3) is 0 Å². The first-order chi connectivity index (χ1) is 13.5. The lowest BCUT2D eigenvalue weighted by molar-refractivity contribution is -0.127. The van der Waals surface area contributed by atoms with Crippen molar-refractivity contribution in [2.24, 2.45) is 4.99 Å². The topological polar surface area (TPSA) is 66.0 Å². The summed E-state index contributed by atoms with van der Waals surface area (Å²) in [6.45, 7) is 12.2. The molecule has 0 bridgehead atoms. The van der Waals surface area contributed by atoms with Crippen LogP contribution in [0.3, 0.4) is 0 Å². The van der Waals surface area contributed by atoms with Crippen LogP contribution in [0.2, 0.25) is 0 Å². The van der Waals surface area contributed by atoms with Gasteiger partial charge >= 0.3 is 0 Å². The Kier molecular flexibility index (Phi) is 9.11. The van der Waals surface area contributed by atoms with Crippen LogP contribution in [0.15, 0.2) is 23.2 Å². The largest absolute Gasteiger partial charge is 0.490 e. The minimum absolute atomic E-state index is 0.184. The van der Waals surface area contributed by atoms with Crippen LogP contribution >= 0.6 is 0 Å². The van der Waals surface area contributed by atoms with Crippen LogP contribution in [0.4, 0.5) is 0 Å². The number of rotatable bonds is 10. The number of ether oxygens (including phenoxy) is 1. The minimum atomic E-state index is 0.184. The normalized spacial score (nSPS) is 15.6. The summed E-state index contributed by atoms with van der Waals surface area (Å²) in [6.07, 6.45) is 3.77. The Morgan fingerprint density at radius 3 is 2.82 bits per heavy atom. The predicted octanol–water partition coefficient (Wildman–Crippen LogP) is 3.24. The number of hydrogen-bond acceptors (Lipinski definition) is 3. The van der Waals surface area contributed by atoms with Crippen molar-refractivity contribution in [2.75, 3.05) is 26.2 Å². The van der Waals surface area contributed by atoms with Crippen molar-refractivity contribution in [1.29, 1.82) is 0 Å². The second-order valence-electron chi connectivity index (χ2n) is 7.41. The maximum Gasteiger partial charge on any atom is 0.222 e. The number of guanidine groups is 1. The first-order valence-corrected chi connectivity index (χ1v) is 10.6. The smallest absolute Gasteiger partial charge is 0.222 e. The van der Waals surface area contributed by atoms with Gasteiger partial charge in [0.2, 0.25) is 5.91 Å². The summed E-state index contributed by atoms with van der Waals surface area (Å²) in [4.78, 5) is 18.4. The molecule has 6 nitrogen and oxygen atoms in total. The summed E-state index contributed by atoms with van der Waals surface area (Å²) in [5.41, 5.74) is 2.28. The van der Waals surface area contributed by atoms with E-state index >= 15 is 0 Å². The van der Waals surface area contributed by atoms with Gasteiger partial charge in [-0.3, -0.25) is 4.79 Å². The monoisotopic (exact) mass is 388 g/mol. The van der Waals surface area contributed by atoms with Crippen molar-refractivity contribution in [1.82, 2.24) is 15.5 Å². The highest BCUT2D eigenvalue weighted by atomic mass is 16.5. The standard InChI is InChI=1S/C22H36N4O2/c1-5-18(4)28-20-15-17(3)10-11-19(20)16-25-22(23-6-2)24-12-8-14-26-13-7-9-21(26)27/h10-11,15,18H,5-9,12-14,16H2,1-4H3,(H2,23,24,25). The molecule has 1 fully saturated rings. The van der Waals surface area contributed by atoms with Crippen LogP contribution < -0.4 is 15.4 Å². The van der Waals surface area contributed by atoms with Gasteiger partial charge in [0.1, 0.15) is 5.75 Å². The first kappa shape index (κ1) is 22.1. The first-order valence-electron chi connectivity index (χ1n) is 10.6. The van der Waals surface area contributed by atoms with Crippen LogP contribution in [-0.4, -0.2) is 49.0 Å². The fourth-order valence-corrected chi connectivity index (χ4v) is 3.13. The van der Waals surface area contributed by atoms with E-state index in [1.165, 1.54) is 5.56 Å². The maximum absolute atomic E-state index is 11.7. The van der Waals surface area contributed by atoms with Gasteiger partial charge in [-0.1, -0.05) is 19.1 Å². The van der Waals surface area contributed by atoms with Crippen LogP contribution in [0.25, 0.3) is 0 Å². The Balaban J connectivity index is 1.91. The van der Waals surface area contributed by atoms with Gasteiger partial charge in [0, 0.05) is 38.2 Å². The number of carbonyl (C=O) groups excluding carboxylic acids is 1. The number of aryl methyl sites for hydroxylation is 1. The fourth-order valence-electron chi connectivity index (χ4n) is 3.13. The third kappa shape index (κ3) is 7.06. The number of nitrogens with zero attached hydrogens (tertiary/aromatic N) is 2. The SMILES string of the molecule is CCNC(=NCc1ccc(C)cc1OC(C)CC)NCCCN1CCCC1=O. The van der Waals surface area contributed by atoms with Gasteiger partial charge in [-0.2, -0.15) is 0 Å². The third-order valence-corrected chi connectivity index (χ3v) is 4.95. The maximum atomic E-state index is 11.7. The molecule has 0 saturated carbocycles. The van der Waals surface area contributed by atoms with E-state index in [9.17, 15) is 4.79 Å². The summed E-state index contributed by atoms with van der Waals surface area (Å²) < 4.78 is 6.09. The second-order valence-corrected chi connectivity index (χ2v) is 7.41. The van der Waals surface area contributed by atoms with Crippen LogP contribution in [0, 0.1) is 6.92 Å². The van der Waals surface area contributed by atoms with Crippen LogP contribution in [0.1, 0.15) is 57.6 Å². The molecule has 0 aromatic heterocycles. The molecule has 28 heavy (non-hydrogen) atoms. The summed E-state index contributed by atoms with van der Waals surface area (Å²) >= 11 is 0. The Hall–Kier alpha value is -2.24. The zero-order valence-electron chi connectivity index (χ0n) is 17.9. The number of aliphatic imine (C=N–C) groups is 1. The molecular formula is C22H36N4O2. The highest BCUT2D eigenvalue weighted by Crippen LogP contribution is 2.23. The molecule has 0 aliphatic carbocycles. The van der Waals surface area contributed by atoms with Crippen LogP contribution in [0.5, 0.6) is 5.75 Å². The number of nitrogens with one attached hydrogen (secondary N) is 2. The van der Waals surface area contributed by atoms with E-state index in [0.717, 1.165) is 62.7 Å². The lowest BCUT2D eigenvalue weighted by Gasteiger charge is -2.17. The van der Waals surface area contributed by atoms with Crippen molar-refractivity contribution < 1.29 is 9.53 Å². The molecule has 1 amide bonds. The number of amides is 1. The summed E-state index contributed by atoms with van der Waals surface area (Å²) in [7, 11) is 0. The number of benzene rings is 1. The highest BCUT2D eigenvalue weighted by molar-refractivity contribution is 5.80. The highest BCUT2D eigenvalue weighted by Gasteiger charge is 2.18. The van der Waals surface area contributed by atoms with Gasteiger partial charge in [-0.25, -0.2) is 4.99 Å². The molecule has 1 heterocycles. The van der Waals surface area contributed by atoms with Crippen molar-refractivity contribution in [3.05, 3.63) is 29.3 Å².